The number of hydrogen-bond donors (Lipinski definition) is 0. The number of halogens is 3. The van der Waals surface area contributed by atoms with Gasteiger partial charge in [-0.1, -0.05) is 0 Å². The zero-order chi connectivity index (χ0) is 14.0. The maximum atomic E-state index is 13.1. The van der Waals surface area contributed by atoms with Crippen LogP contribution in [0, 0.1) is 26.9 Å². The van der Waals surface area contributed by atoms with Crippen molar-refractivity contribution in [1.29, 1.82) is 5.26 Å². The first kappa shape index (κ1) is 14.0. The van der Waals surface area contributed by atoms with E-state index in [9.17, 15) is 23.3 Å². The summed E-state index contributed by atoms with van der Waals surface area (Å²) in [6.45, 7) is 0. The fourth-order valence-electron chi connectivity index (χ4n) is 1.77. The Kier molecular flexibility index (Phi) is 3.65. The lowest BCUT2D eigenvalue weighted by atomic mass is 9.74. The van der Waals surface area contributed by atoms with Crippen LogP contribution in [0.4, 0.5) is 13.2 Å². The highest BCUT2D eigenvalue weighted by molar-refractivity contribution is 5.29. The fourth-order valence-corrected chi connectivity index (χ4v) is 1.77. The molecule has 0 N–H and O–H groups in total. The van der Waals surface area contributed by atoms with E-state index in [1.54, 1.807) is 0 Å². The van der Waals surface area contributed by atoms with Crippen LogP contribution in [0.25, 0.3) is 0 Å². The lowest BCUT2D eigenvalue weighted by Gasteiger charge is -2.33. The third-order valence-electron chi connectivity index (χ3n) is 2.73. The Morgan fingerprint density at radius 1 is 1.67 bits per heavy atom. The van der Waals surface area contributed by atoms with E-state index in [0.717, 1.165) is 19.3 Å². The molecule has 1 rings (SSSR count). The number of hydrogen-bond acceptors (Lipinski definition) is 4. The summed E-state index contributed by atoms with van der Waals surface area (Å²) in [7, 11) is 1.15. The number of alkyl halides is 3. The molecule has 8 heteroatoms. The quantitative estimate of drug-likeness (QED) is 0.577. The molecular weight excluding hydrogens is 253 g/mol. The Morgan fingerprint density at radius 2 is 2.28 bits per heavy atom. The van der Waals surface area contributed by atoms with Crippen molar-refractivity contribution < 1.29 is 22.8 Å². The van der Waals surface area contributed by atoms with Gasteiger partial charge in [0.05, 0.1) is 19.6 Å². The molecule has 98 valence electrons. The van der Waals surface area contributed by atoms with Gasteiger partial charge in [0.2, 0.25) is 0 Å². The van der Waals surface area contributed by atoms with E-state index in [4.69, 9.17) is 5.26 Å². The average molecular weight is 262 g/mol. The van der Waals surface area contributed by atoms with Gasteiger partial charge in [0.15, 0.2) is 5.41 Å². The van der Waals surface area contributed by atoms with Gasteiger partial charge in [0.25, 0.3) is 6.04 Å². The number of allylic oxidation sites excluding steroid dienone is 1. The monoisotopic (exact) mass is 262 g/mol. The van der Waals surface area contributed by atoms with Crippen LogP contribution in [-0.4, -0.2) is 24.3 Å². The molecule has 0 aromatic rings. The molecule has 5 nitrogen and oxygen atoms in total. The van der Waals surface area contributed by atoms with Gasteiger partial charge in [0, 0.05) is 4.92 Å². The zero-order valence-corrected chi connectivity index (χ0v) is 9.27. The number of nitriles is 1. The second-order valence-electron chi connectivity index (χ2n) is 3.71. The van der Waals surface area contributed by atoms with E-state index in [0.29, 0.717) is 6.08 Å². The molecule has 0 saturated carbocycles. The van der Waals surface area contributed by atoms with E-state index in [1.807, 2.05) is 0 Å². The highest BCUT2D eigenvalue weighted by atomic mass is 19.4. The molecule has 0 fully saturated rings. The van der Waals surface area contributed by atoms with Gasteiger partial charge in [-0.3, -0.25) is 10.1 Å². The Bertz CT molecular complexity index is 450. The molecule has 0 radical (unpaired) electrons. The SMILES string of the molecule is COC1=CC(CC#N)(C(F)(F)F)C([N+](=O)[O-])C=C1. The molecule has 0 saturated heterocycles. The van der Waals surface area contributed by atoms with Crippen LogP contribution in [0.1, 0.15) is 6.42 Å². The van der Waals surface area contributed by atoms with Crippen molar-refractivity contribution in [1.82, 2.24) is 0 Å². The second kappa shape index (κ2) is 4.68. The van der Waals surface area contributed by atoms with E-state index in [1.165, 1.54) is 6.07 Å². The maximum absolute atomic E-state index is 13.1. The molecule has 0 bridgehead atoms. The first-order chi connectivity index (χ1) is 8.28. The van der Waals surface area contributed by atoms with Gasteiger partial charge in [0.1, 0.15) is 5.76 Å². The Balaban J connectivity index is 3.41. The van der Waals surface area contributed by atoms with Crippen LogP contribution in [0.3, 0.4) is 0 Å². The molecular formula is C10H9F3N2O3. The van der Waals surface area contributed by atoms with Crippen LogP contribution in [0.15, 0.2) is 24.0 Å². The minimum atomic E-state index is -4.92. The van der Waals surface area contributed by atoms with E-state index in [-0.39, 0.29) is 5.76 Å². The minimum Gasteiger partial charge on any atom is -0.497 e. The summed E-state index contributed by atoms with van der Waals surface area (Å²) >= 11 is 0. The number of ether oxygens (including phenoxy) is 1. The Hall–Kier alpha value is -2.04. The summed E-state index contributed by atoms with van der Waals surface area (Å²) in [6, 6.07) is -0.676. The molecule has 2 unspecified atom stereocenters. The Morgan fingerprint density at radius 3 is 2.67 bits per heavy atom. The van der Waals surface area contributed by atoms with Crippen LogP contribution < -0.4 is 0 Å². The number of nitrogens with zero attached hydrogens (tertiary/aromatic N) is 2. The van der Waals surface area contributed by atoms with Crippen molar-refractivity contribution in [2.24, 2.45) is 5.41 Å². The molecule has 0 amide bonds. The standard InChI is InChI=1S/C10H9F3N2O3/c1-18-7-2-3-8(15(16)17)9(6-7,4-5-14)10(11,12)13/h2-3,6,8H,4H2,1H3. The molecule has 18 heavy (non-hydrogen) atoms. The molecule has 1 aliphatic rings. The minimum absolute atomic E-state index is 0.152. The predicted octanol–water partition coefficient (Wildman–Crippen LogP) is 2.19. The highest BCUT2D eigenvalue weighted by Crippen LogP contribution is 2.48. The zero-order valence-electron chi connectivity index (χ0n) is 9.27. The summed E-state index contributed by atoms with van der Waals surface area (Å²) < 4.78 is 44.0. The lowest BCUT2D eigenvalue weighted by molar-refractivity contribution is -0.538. The predicted molar refractivity (Wildman–Crippen MR) is 53.7 cm³/mol. The molecule has 1 aliphatic carbocycles. The summed E-state index contributed by atoms with van der Waals surface area (Å²) in [5.74, 6) is -0.152. The summed E-state index contributed by atoms with van der Waals surface area (Å²) in [5.41, 5.74) is -2.86. The van der Waals surface area contributed by atoms with Gasteiger partial charge >= 0.3 is 6.18 Å². The van der Waals surface area contributed by atoms with Crippen molar-refractivity contribution in [2.75, 3.05) is 7.11 Å². The first-order valence-electron chi connectivity index (χ1n) is 4.80. The lowest BCUT2D eigenvalue weighted by Crippen LogP contribution is -2.50. The van der Waals surface area contributed by atoms with Crippen molar-refractivity contribution in [3.63, 3.8) is 0 Å². The van der Waals surface area contributed by atoms with Gasteiger partial charge in [-0.05, 0) is 18.2 Å². The summed E-state index contributed by atoms with van der Waals surface area (Å²) in [6.07, 6.45) is -3.48. The maximum Gasteiger partial charge on any atom is 0.405 e. The van der Waals surface area contributed by atoms with E-state index < -0.39 is 29.0 Å². The number of nitro groups is 1. The van der Waals surface area contributed by atoms with Crippen LogP contribution in [0.2, 0.25) is 0 Å². The van der Waals surface area contributed by atoms with Gasteiger partial charge in [-0.2, -0.15) is 18.4 Å². The van der Waals surface area contributed by atoms with Crippen molar-refractivity contribution >= 4 is 0 Å². The highest BCUT2D eigenvalue weighted by Gasteiger charge is 2.64. The van der Waals surface area contributed by atoms with Crippen LogP contribution in [0.5, 0.6) is 0 Å². The van der Waals surface area contributed by atoms with Crippen molar-refractivity contribution in [2.45, 2.75) is 18.6 Å². The topological polar surface area (TPSA) is 76.2 Å². The van der Waals surface area contributed by atoms with Crippen molar-refractivity contribution in [3.05, 3.63) is 34.1 Å². The average Bonchev–Trinajstić information content (AvgIpc) is 2.27. The first-order valence-corrected chi connectivity index (χ1v) is 4.80. The summed E-state index contributed by atoms with van der Waals surface area (Å²) in [5, 5.41) is 19.3. The third kappa shape index (κ3) is 2.16. The van der Waals surface area contributed by atoms with Gasteiger partial charge in [-0.25, -0.2) is 0 Å². The fraction of sp³-hybridized carbons (Fsp3) is 0.500. The normalized spacial score (nSPS) is 27.3. The van der Waals surface area contributed by atoms with E-state index in [2.05, 4.69) is 4.74 Å². The third-order valence-corrected chi connectivity index (χ3v) is 2.73. The molecule has 0 aromatic carbocycles. The van der Waals surface area contributed by atoms with Crippen LogP contribution in [-0.2, 0) is 4.74 Å². The second-order valence-corrected chi connectivity index (χ2v) is 3.71. The number of rotatable bonds is 3. The molecule has 0 aliphatic heterocycles. The number of methoxy groups -OCH3 is 1. The molecule has 2 atom stereocenters. The Labute approximate surface area is 100 Å². The smallest absolute Gasteiger partial charge is 0.405 e. The largest absolute Gasteiger partial charge is 0.497 e. The molecule has 0 aromatic heterocycles. The summed E-state index contributed by atoms with van der Waals surface area (Å²) in [4.78, 5) is 9.71. The van der Waals surface area contributed by atoms with E-state index >= 15 is 0 Å². The van der Waals surface area contributed by atoms with Crippen LogP contribution >= 0.6 is 0 Å². The molecule has 0 spiro atoms. The van der Waals surface area contributed by atoms with Crippen molar-refractivity contribution in [3.8, 4) is 6.07 Å². The van der Waals surface area contributed by atoms with Gasteiger partial charge in [-0.15, -0.1) is 0 Å². The molecule has 0 heterocycles. The van der Waals surface area contributed by atoms with Gasteiger partial charge < -0.3 is 4.74 Å².